The Morgan fingerprint density at radius 2 is 1.57 bits per heavy atom. The van der Waals surface area contributed by atoms with E-state index < -0.39 is 0 Å². The van der Waals surface area contributed by atoms with Gasteiger partial charge in [0.25, 0.3) is 0 Å². The summed E-state index contributed by atoms with van der Waals surface area (Å²) in [7, 11) is -0.349. The van der Waals surface area contributed by atoms with Gasteiger partial charge in [-0.2, -0.15) is 0 Å². The fourth-order valence-electron chi connectivity index (χ4n) is 1.29. The van der Waals surface area contributed by atoms with Gasteiger partial charge in [-0.15, -0.1) is 11.6 Å². The summed E-state index contributed by atoms with van der Waals surface area (Å²) < 4.78 is 11.5. The molecule has 0 radical (unpaired) electrons. The third-order valence-corrected chi connectivity index (χ3v) is 3.26. The lowest BCUT2D eigenvalue weighted by Crippen LogP contribution is -2.41. The Morgan fingerprint density at radius 1 is 1.14 bits per heavy atom. The number of halogens is 1. The van der Waals surface area contributed by atoms with E-state index in [-0.39, 0.29) is 23.6 Å². The zero-order chi connectivity index (χ0) is 11.0. The average Bonchev–Trinajstić information content (AvgIpc) is 2.22. The van der Waals surface area contributed by atoms with E-state index in [1.54, 1.807) is 0 Å². The van der Waals surface area contributed by atoms with E-state index in [2.05, 4.69) is 0 Å². The normalized spacial score (nSPS) is 27.1. The average molecular weight is 217 g/mol. The topological polar surface area (TPSA) is 18.5 Å². The fraction of sp³-hybridized carbons (Fsp3) is 0.800. The van der Waals surface area contributed by atoms with Gasteiger partial charge in [-0.1, -0.05) is 12.2 Å². The van der Waals surface area contributed by atoms with Crippen molar-refractivity contribution >= 4 is 18.7 Å². The smallest absolute Gasteiger partial charge is 0.402 e. The third kappa shape index (κ3) is 2.15. The molecule has 0 aromatic heterocycles. The van der Waals surface area contributed by atoms with Crippen molar-refractivity contribution in [1.82, 2.24) is 0 Å². The number of allylic oxidation sites excluding steroid dienone is 2. The Bertz CT molecular complexity index is 222. The van der Waals surface area contributed by atoms with Crippen molar-refractivity contribution in [3.05, 3.63) is 12.2 Å². The molecule has 14 heavy (non-hydrogen) atoms. The number of hydrogen-bond donors (Lipinski definition) is 0. The first-order chi connectivity index (χ1) is 6.30. The second-order valence-corrected chi connectivity index (χ2v) is 5.10. The van der Waals surface area contributed by atoms with Crippen molar-refractivity contribution in [3.63, 3.8) is 0 Å². The molecule has 1 aliphatic heterocycles. The van der Waals surface area contributed by atoms with Gasteiger partial charge in [0, 0.05) is 0 Å². The summed E-state index contributed by atoms with van der Waals surface area (Å²) in [6, 6.07) is 0. The van der Waals surface area contributed by atoms with Crippen LogP contribution in [-0.2, 0) is 9.31 Å². The van der Waals surface area contributed by atoms with Crippen LogP contribution in [0.2, 0.25) is 0 Å². The van der Waals surface area contributed by atoms with Crippen LogP contribution in [0.25, 0.3) is 0 Å². The van der Waals surface area contributed by atoms with Crippen LogP contribution in [0, 0.1) is 0 Å². The van der Waals surface area contributed by atoms with Gasteiger partial charge in [0.05, 0.1) is 16.5 Å². The molecular formula is C10H18BClO2. The van der Waals surface area contributed by atoms with E-state index in [0.717, 1.165) is 0 Å². The fourth-order valence-corrected chi connectivity index (χ4v) is 1.54. The zero-order valence-corrected chi connectivity index (χ0v) is 10.3. The first-order valence-electron chi connectivity index (χ1n) is 4.93. The maximum atomic E-state index is 6.10. The monoisotopic (exact) mass is 216 g/mol. The molecule has 80 valence electrons. The molecule has 4 heteroatoms. The van der Waals surface area contributed by atoms with Gasteiger partial charge in [0.15, 0.2) is 0 Å². The lowest BCUT2D eigenvalue weighted by Gasteiger charge is -2.32. The van der Waals surface area contributed by atoms with Crippen LogP contribution in [0.5, 0.6) is 0 Å². The van der Waals surface area contributed by atoms with Crippen molar-refractivity contribution < 1.29 is 9.31 Å². The van der Waals surface area contributed by atoms with Crippen molar-refractivity contribution in [3.8, 4) is 0 Å². The van der Waals surface area contributed by atoms with Gasteiger partial charge >= 0.3 is 7.12 Å². The molecule has 0 N–H and O–H groups in total. The molecule has 1 heterocycles. The Morgan fingerprint density at radius 3 is 1.93 bits per heavy atom. The van der Waals surface area contributed by atoms with Crippen LogP contribution < -0.4 is 0 Å². The molecular weight excluding hydrogens is 198 g/mol. The summed E-state index contributed by atoms with van der Waals surface area (Å²) in [5.41, 5.74) is -0.598. The molecule has 0 spiro atoms. The van der Waals surface area contributed by atoms with E-state index in [9.17, 15) is 0 Å². The molecule has 1 unspecified atom stereocenters. The van der Waals surface area contributed by atoms with Crippen LogP contribution in [0.1, 0.15) is 34.6 Å². The predicted molar refractivity (Wildman–Crippen MR) is 60.5 cm³/mol. The predicted octanol–water partition coefficient (Wildman–Crippen LogP) is 2.80. The van der Waals surface area contributed by atoms with Crippen LogP contribution in [0.4, 0.5) is 0 Å². The van der Waals surface area contributed by atoms with E-state index in [1.807, 2.05) is 46.8 Å². The van der Waals surface area contributed by atoms with Gasteiger partial charge in [-0.05, 0) is 34.6 Å². The molecule has 1 atom stereocenters. The SMILES string of the molecule is C/C=C\C(Cl)B1OC(C)(C)C(C)(C)O1. The highest BCUT2D eigenvalue weighted by atomic mass is 35.5. The summed E-state index contributed by atoms with van der Waals surface area (Å²) in [5, 5.41) is -0.221. The summed E-state index contributed by atoms with van der Waals surface area (Å²) in [6.45, 7) is 10.0. The minimum atomic E-state index is -0.349. The van der Waals surface area contributed by atoms with E-state index in [4.69, 9.17) is 20.9 Å². The number of rotatable bonds is 2. The first-order valence-corrected chi connectivity index (χ1v) is 5.36. The molecule has 0 amide bonds. The Balaban J connectivity index is 2.72. The standard InChI is InChI=1S/C10H18BClO2/c1-6-7-8(12)11-13-9(2,3)10(4,5)14-11/h6-8H,1-5H3/b7-6-. The molecule has 0 saturated carbocycles. The van der Waals surface area contributed by atoms with E-state index >= 15 is 0 Å². The molecule has 2 nitrogen and oxygen atoms in total. The molecule has 0 aliphatic carbocycles. The van der Waals surface area contributed by atoms with E-state index in [1.165, 1.54) is 0 Å². The van der Waals surface area contributed by atoms with Crippen molar-refractivity contribution in [2.24, 2.45) is 0 Å². The third-order valence-electron chi connectivity index (χ3n) is 2.91. The van der Waals surface area contributed by atoms with Gasteiger partial charge in [0.1, 0.15) is 0 Å². The first kappa shape index (κ1) is 12.1. The van der Waals surface area contributed by atoms with Crippen LogP contribution in [0.3, 0.4) is 0 Å². The molecule has 1 rings (SSSR count). The summed E-state index contributed by atoms with van der Waals surface area (Å²) >= 11 is 6.10. The maximum absolute atomic E-state index is 6.10. The van der Waals surface area contributed by atoms with Gasteiger partial charge in [-0.3, -0.25) is 0 Å². The zero-order valence-electron chi connectivity index (χ0n) is 9.50. The molecule has 0 bridgehead atoms. The Labute approximate surface area is 91.8 Å². The summed E-state index contributed by atoms with van der Waals surface area (Å²) in [6.07, 6.45) is 3.78. The molecule has 1 saturated heterocycles. The summed E-state index contributed by atoms with van der Waals surface area (Å²) in [5.74, 6) is 0. The van der Waals surface area contributed by atoms with Crippen molar-refractivity contribution in [1.29, 1.82) is 0 Å². The number of hydrogen-bond acceptors (Lipinski definition) is 2. The van der Waals surface area contributed by atoms with E-state index in [0.29, 0.717) is 0 Å². The van der Waals surface area contributed by atoms with Crippen LogP contribution in [0.15, 0.2) is 12.2 Å². The second-order valence-electron chi connectivity index (χ2n) is 4.59. The highest BCUT2D eigenvalue weighted by Crippen LogP contribution is 2.38. The molecule has 0 aromatic rings. The van der Waals surface area contributed by atoms with Crippen LogP contribution >= 0.6 is 11.6 Å². The molecule has 1 aliphatic rings. The second kappa shape index (κ2) is 3.88. The van der Waals surface area contributed by atoms with Gasteiger partial charge in [0.2, 0.25) is 0 Å². The minimum Gasteiger partial charge on any atom is -0.402 e. The highest BCUT2D eigenvalue weighted by Gasteiger charge is 2.52. The lowest BCUT2D eigenvalue weighted by molar-refractivity contribution is 0.00578. The largest absolute Gasteiger partial charge is 0.481 e. The van der Waals surface area contributed by atoms with Gasteiger partial charge in [-0.25, -0.2) is 0 Å². The highest BCUT2D eigenvalue weighted by molar-refractivity contribution is 6.60. The number of alkyl halides is 1. The minimum absolute atomic E-state index is 0.221. The van der Waals surface area contributed by atoms with Crippen molar-refractivity contribution in [2.45, 2.75) is 51.1 Å². The maximum Gasteiger partial charge on any atom is 0.481 e. The Hall–Kier alpha value is 0.0149. The summed E-state index contributed by atoms with van der Waals surface area (Å²) in [4.78, 5) is 0. The van der Waals surface area contributed by atoms with Gasteiger partial charge < -0.3 is 9.31 Å². The molecule has 1 fully saturated rings. The van der Waals surface area contributed by atoms with Crippen molar-refractivity contribution in [2.75, 3.05) is 0 Å². The van der Waals surface area contributed by atoms with Crippen LogP contribution in [-0.4, -0.2) is 23.6 Å². The lowest BCUT2D eigenvalue weighted by atomic mass is 9.84. The molecule has 0 aromatic carbocycles. The quantitative estimate of drug-likeness (QED) is 0.401. The Kier molecular flexibility index (Phi) is 3.35.